The van der Waals surface area contributed by atoms with Gasteiger partial charge in [0, 0.05) is 34.5 Å². The fourth-order valence-electron chi connectivity index (χ4n) is 6.92. The number of nitrogens with zero attached hydrogens (tertiary/aromatic N) is 4. The van der Waals surface area contributed by atoms with E-state index in [9.17, 15) is 0 Å². The molecule has 3 aromatic heterocycles. The Morgan fingerprint density at radius 1 is 0.800 bits per heavy atom. The molecule has 6 heteroatoms. The first-order valence-corrected chi connectivity index (χ1v) is 17.6. The second kappa shape index (κ2) is 15.2. The van der Waals surface area contributed by atoms with Crippen LogP contribution < -0.4 is 4.74 Å². The van der Waals surface area contributed by atoms with Crippen molar-refractivity contribution in [3.8, 4) is 34.1 Å². The minimum absolute atomic E-state index is 0. The summed E-state index contributed by atoms with van der Waals surface area (Å²) in [5.74, 6) is 2.89. The maximum Gasteiger partial charge on any atom is 2.00 e. The van der Waals surface area contributed by atoms with Crippen LogP contribution in [-0.2, 0) is 33.9 Å². The molecule has 0 radical (unpaired) electrons. The number of aromatic nitrogens is 4. The van der Waals surface area contributed by atoms with E-state index >= 15 is 0 Å². The summed E-state index contributed by atoms with van der Waals surface area (Å²) in [6.45, 7) is 13.0. The molecule has 0 atom stereocenters. The van der Waals surface area contributed by atoms with Crippen LogP contribution in [-0.4, -0.2) is 19.3 Å². The summed E-state index contributed by atoms with van der Waals surface area (Å²) in [5, 5.41) is 7.30. The van der Waals surface area contributed by atoms with E-state index in [1.807, 2.05) is 29.1 Å². The maximum atomic E-state index is 6.59. The van der Waals surface area contributed by atoms with Gasteiger partial charge in [-0.15, -0.1) is 35.7 Å². The zero-order valence-corrected chi connectivity index (χ0v) is 32.1. The third-order valence-corrected chi connectivity index (χ3v) is 9.44. The van der Waals surface area contributed by atoms with Gasteiger partial charge >= 0.3 is 21.1 Å². The van der Waals surface area contributed by atoms with E-state index < -0.39 is 0 Å². The first-order chi connectivity index (χ1) is 23.8. The third-order valence-electron chi connectivity index (χ3n) is 9.44. The summed E-state index contributed by atoms with van der Waals surface area (Å²) >= 11 is 0. The molecule has 0 bridgehead atoms. The van der Waals surface area contributed by atoms with Gasteiger partial charge in [-0.1, -0.05) is 88.0 Å². The standard InChI is InChI=1S/C44H44N4O.Pt/c1-7-33-24-36(48-32(6)44(31(5)46-48)35-15-9-8-10-16-35)27-38(25-33)49-37-18-19-39-40-26-34(14-12-11-13-29(2)3)17-20-41(40)47(42(39)28-37)43-23-30(4)21-22-45-43;/h8-10,15-26,29H,7,11-14H2,1-6H3;/q-2;+2. The molecule has 50 heavy (non-hydrogen) atoms. The van der Waals surface area contributed by atoms with E-state index in [-0.39, 0.29) is 21.1 Å². The molecule has 0 saturated carbocycles. The quantitative estimate of drug-likeness (QED) is 0.0963. The summed E-state index contributed by atoms with van der Waals surface area (Å²) < 4.78 is 10.8. The number of fused-ring (bicyclic) bond motifs is 3. The van der Waals surface area contributed by atoms with Gasteiger partial charge in [-0.3, -0.25) is 4.68 Å². The van der Waals surface area contributed by atoms with Crippen molar-refractivity contribution in [2.75, 3.05) is 0 Å². The van der Waals surface area contributed by atoms with Crippen LogP contribution in [0.25, 0.3) is 44.4 Å². The summed E-state index contributed by atoms with van der Waals surface area (Å²) in [6.07, 6.45) is 7.54. The van der Waals surface area contributed by atoms with E-state index in [1.165, 1.54) is 30.2 Å². The van der Waals surface area contributed by atoms with Crippen LogP contribution in [0, 0.1) is 38.8 Å². The molecule has 4 aromatic carbocycles. The molecule has 7 aromatic rings. The Balaban J connectivity index is 0.00000432. The molecule has 5 nitrogen and oxygen atoms in total. The van der Waals surface area contributed by atoms with Gasteiger partial charge in [0.25, 0.3) is 0 Å². The summed E-state index contributed by atoms with van der Waals surface area (Å²) in [6, 6.07) is 37.0. The van der Waals surface area contributed by atoms with Crippen LogP contribution >= 0.6 is 0 Å². The van der Waals surface area contributed by atoms with E-state index in [1.54, 1.807) is 0 Å². The monoisotopic (exact) mass is 839 g/mol. The van der Waals surface area contributed by atoms with E-state index in [0.29, 0.717) is 11.5 Å². The van der Waals surface area contributed by atoms with Crippen molar-refractivity contribution < 1.29 is 25.8 Å². The Morgan fingerprint density at radius 2 is 1.62 bits per heavy atom. The topological polar surface area (TPSA) is 44.9 Å². The van der Waals surface area contributed by atoms with Crippen molar-refractivity contribution in [3.63, 3.8) is 0 Å². The number of unbranched alkanes of at least 4 members (excludes halogenated alkanes) is 1. The van der Waals surface area contributed by atoms with Crippen molar-refractivity contribution in [1.29, 1.82) is 0 Å². The number of aryl methyl sites for hydroxylation is 4. The van der Waals surface area contributed by atoms with Crippen molar-refractivity contribution in [2.24, 2.45) is 5.92 Å². The molecule has 7 rings (SSSR count). The average Bonchev–Trinajstić information content (AvgIpc) is 3.58. The van der Waals surface area contributed by atoms with Gasteiger partial charge in [0.15, 0.2) is 0 Å². The predicted octanol–water partition coefficient (Wildman–Crippen LogP) is 11.3. The largest absolute Gasteiger partial charge is 2.00 e. The molecule has 0 N–H and O–H groups in total. The zero-order chi connectivity index (χ0) is 34.1. The SMILES string of the molecule is CCc1cc(Oc2[c-]c3c(cc2)c2cc(CCCCC(C)C)ccc2n3-c2cc(C)ccn2)[c-]c(-n2nc(C)c(-c3ccccc3)c2C)c1.[Pt+2]. The molecular formula is C44H44N4OPt. The Morgan fingerprint density at radius 3 is 2.38 bits per heavy atom. The van der Waals surface area contributed by atoms with E-state index in [4.69, 9.17) is 14.8 Å². The van der Waals surface area contributed by atoms with Gasteiger partial charge < -0.3 is 9.30 Å². The van der Waals surface area contributed by atoms with Crippen LogP contribution in [0.5, 0.6) is 11.5 Å². The Kier molecular flexibility index (Phi) is 10.7. The number of hydrogen-bond donors (Lipinski definition) is 0. The van der Waals surface area contributed by atoms with Crippen LogP contribution in [0.4, 0.5) is 0 Å². The van der Waals surface area contributed by atoms with Gasteiger partial charge in [-0.2, -0.15) is 16.7 Å². The van der Waals surface area contributed by atoms with Crippen LogP contribution in [0.15, 0.2) is 91.1 Å². The van der Waals surface area contributed by atoms with Crippen molar-refractivity contribution in [2.45, 2.75) is 73.6 Å². The van der Waals surface area contributed by atoms with Crippen molar-refractivity contribution >= 4 is 21.8 Å². The number of rotatable bonds is 11. The van der Waals surface area contributed by atoms with Gasteiger partial charge in [-0.25, -0.2) is 4.98 Å². The molecule has 256 valence electrons. The predicted molar refractivity (Wildman–Crippen MR) is 201 cm³/mol. The molecule has 3 heterocycles. The normalized spacial score (nSPS) is 11.4. The summed E-state index contributed by atoms with van der Waals surface area (Å²) in [7, 11) is 0. The Bertz CT molecular complexity index is 2260. The van der Waals surface area contributed by atoms with Crippen LogP contribution in [0.3, 0.4) is 0 Å². The number of benzene rings is 4. The molecule has 0 amide bonds. The van der Waals surface area contributed by atoms with Gasteiger partial charge in [0.2, 0.25) is 0 Å². The molecule has 0 aliphatic carbocycles. The number of ether oxygens (including phenoxy) is 1. The Labute approximate surface area is 310 Å². The first kappa shape index (κ1) is 35.4. The first-order valence-electron chi connectivity index (χ1n) is 17.6. The minimum atomic E-state index is 0. The zero-order valence-electron chi connectivity index (χ0n) is 29.8. The molecule has 0 aliphatic heterocycles. The number of pyridine rings is 1. The molecule has 0 saturated heterocycles. The van der Waals surface area contributed by atoms with E-state index in [2.05, 4.69) is 125 Å². The van der Waals surface area contributed by atoms with Crippen LogP contribution in [0.2, 0.25) is 0 Å². The third kappa shape index (κ3) is 7.21. The second-order valence-corrected chi connectivity index (χ2v) is 13.6. The van der Waals surface area contributed by atoms with Crippen molar-refractivity contribution in [1.82, 2.24) is 19.3 Å². The molecule has 0 fully saturated rings. The van der Waals surface area contributed by atoms with Gasteiger partial charge in [0.05, 0.1) is 5.69 Å². The second-order valence-electron chi connectivity index (χ2n) is 13.6. The fraction of sp³-hybridized carbons (Fsp3) is 0.273. The maximum absolute atomic E-state index is 6.59. The fourth-order valence-corrected chi connectivity index (χ4v) is 6.92. The van der Waals surface area contributed by atoms with Gasteiger partial charge in [-0.05, 0) is 85.5 Å². The smallest absolute Gasteiger partial charge is 0.509 e. The van der Waals surface area contributed by atoms with Crippen LogP contribution in [0.1, 0.15) is 68.1 Å². The molecular weight excluding hydrogens is 796 g/mol. The average molecular weight is 840 g/mol. The van der Waals surface area contributed by atoms with E-state index in [0.717, 1.165) is 80.3 Å². The Hall–Kier alpha value is -4.47. The molecule has 0 aliphatic rings. The minimum Gasteiger partial charge on any atom is -0.509 e. The van der Waals surface area contributed by atoms with Crippen molar-refractivity contribution in [3.05, 3.63) is 131 Å². The molecule has 0 unspecified atom stereocenters. The number of hydrogen-bond acceptors (Lipinski definition) is 3. The summed E-state index contributed by atoms with van der Waals surface area (Å²) in [5.41, 5.74) is 11.0. The van der Waals surface area contributed by atoms with Gasteiger partial charge in [0.1, 0.15) is 5.82 Å². The molecule has 0 spiro atoms. The summed E-state index contributed by atoms with van der Waals surface area (Å²) in [4.78, 5) is 4.79.